The minimum atomic E-state index is -0.349. The molecule has 2 aromatic carbocycles. The molecule has 33 heavy (non-hydrogen) atoms. The van der Waals surface area contributed by atoms with Gasteiger partial charge in [0.15, 0.2) is 0 Å². The molecule has 2 aliphatic rings. The van der Waals surface area contributed by atoms with Crippen molar-refractivity contribution in [3.8, 4) is 11.4 Å². The van der Waals surface area contributed by atoms with Gasteiger partial charge in [-0.2, -0.15) is 0 Å². The zero-order valence-electron chi connectivity index (χ0n) is 18.7. The Morgan fingerprint density at radius 1 is 1.03 bits per heavy atom. The van der Waals surface area contributed by atoms with Crippen LogP contribution in [0.2, 0.25) is 0 Å². The molecule has 3 aromatic rings. The van der Waals surface area contributed by atoms with Crippen molar-refractivity contribution in [2.24, 2.45) is 0 Å². The van der Waals surface area contributed by atoms with Crippen molar-refractivity contribution < 1.29 is 23.7 Å². The van der Waals surface area contributed by atoms with Gasteiger partial charge in [-0.15, -0.1) is 0 Å². The average molecular weight is 449 g/mol. The number of methoxy groups -OCH3 is 1. The number of carbonyl (C=O) groups is 1. The number of esters is 1. The molecular formula is C26H28N2O5. The van der Waals surface area contributed by atoms with Crippen LogP contribution in [0, 0.1) is 0 Å². The highest BCUT2D eigenvalue weighted by molar-refractivity contribution is 5.96. The van der Waals surface area contributed by atoms with Gasteiger partial charge in [-0.3, -0.25) is 0 Å². The Hall–Kier alpha value is -3.29. The van der Waals surface area contributed by atoms with E-state index in [2.05, 4.69) is 4.90 Å². The Kier molecular flexibility index (Phi) is 6.32. The number of benzene rings is 2. The van der Waals surface area contributed by atoms with Crippen molar-refractivity contribution in [1.82, 2.24) is 4.57 Å². The Labute approximate surface area is 193 Å². The van der Waals surface area contributed by atoms with Crippen LogP contribution in [-0.4, -0.2) is 56.2 Å². The van der Waals surface area contributed by atoms with Crippen molar-refractivity contribution >= 4 is 11.7 Å². The zero-order valence-corrected chi connectivity index (χ0v) is 18.7. The summed E-state index contributed by atoms with van der Waals surface area (Å²) in [6, 6.07) is 17.7. The maximum absolute atomic E-state index is 12.4. The third kappa shape index (κ3) is 4.74. The first kappa shape index (κ1) is 21.6. The lowest BCUT2D eigenvalue weighted by Gasteiger charge is -2.41. The molecule has 7 heteroatoms. The third-order valence-electron chi connectivity index (χ3n) is 6.07. The minimum Gasteiger partial charge on any atom is -0.487 e. The lowest BCUT2D eigenvalue weighted by Crippen LogP contribution is -2.54. The van der Waals surface area contributed by atoms with Gasteiger partial charge in [0.25, 0.3) is 0 Å². The second kappa shape index (κ2) is 9.68. The minimum absolute atomic E-state index is 0.0852. The topological polar surface area (TPSA) is 62.2 Å². The van der Waals surface area contributed by atoms with Crippen LogP contribution < -0.4 is 9.64 Å². The second-order valence-corrected chi connectivity index (χ2v) is 8.34. The van der Waals surface area contributed by atoms with Gasteiger partial charge in [0.2, 0.25) is 0 Å². The van der Waals surface area contributed by atoms with Gasteiger partial charge < -0.3 is 28.4 Å². The van der Waals surface area contributed by atoms with Gasteiger partial charge in [-0.05, 0) is 48.4 Å². The fourth-order valence-electron chi connectivity index (χ4n) is 4.24. The largest absolute Gasteiger partial charge is 0.487 e. The number of ether oxygens (including phenoxy) is 4. The molecule has 5 rings (SSSR count). The van der Waals surface area contributed by atoms with E-state index in [1.165, 1.54) is 7.11 Å². The van der Waals surface area contributed by atoms with Crippen molar-refractivity contribution in [3.05, 3.63) is 78.1 Å². The standard InChI is InChI=1S/C26H28N2O5/c1-30-26(29)23-5-4-6-24(25(23)27-12-2-3-13-27)28-15-22(16-28)33-20-9-7-19(8-10-20)17-32-21-11-14-31-18-21/h2-10,12-13,21-22H,11,14-18H2,1H3. The van der Waals surface area contributed by atoms with E-state index < -0.39 is 0 Å². The molecule has 2 aliphatic heterocycles. The van der Waals surface area contributed by atoms with Crippen LogP contribution in [0.3, 0.4) is 0 Å². The normalized spacial score (nSPS) is 18.2. The fraction of sp³-hybridized carbons (Fsp3) is 0.346. The first-order chi connectivity index (χ1) is 16.2. The van der Waals surface area contributed by atoms with Crippen LogP contribution in [0.15, 0.2) is 67.0 Å². The van der Waals surface area contributed by atoms with E-state index in [9.17, 15) is 4.79 Å². The van der Waals surface area contributed by atoms with E-state index in [0.717, 1.165) is 48.8 Å². The maximum Gasteiger partial charge on any atom is 0.340 e. The van der Waals surface area contributed by atoms with Gasteiger partial charge in [0.05, 0.1) is 56.5 Å². The molecule has 0 radical (unpaired) electrons. The summed E-state index contributed by atoms with van der Waals surface area (Å²) in [5.41, 5.74) is 3.47. The molecule has 0 amide bonds. The third-order valence-corrected chi connectivity index (χ3v) is 6.07. The highest BCUT2D eigenvalue weighted by Crippen LogP contribution is 2.33. The van der Waals surface area contributed by atoms with Gasteiger partial charge >= 0.3 is 5.97 Å². The molecule has 0 saturated carbocycles. The monoisotopic (exact) mass is 448 g/mol. The molecule has 1 unspecified atom stereocenters. The molecular weight excluding hydrogens is 420 g/mol. The van der Waals surface area contributed by atoms with Crippen LogP contribution in [-0.2, 0) is 20.8 Å². The fourth-order valence-corrected chi connectivity index (χ4v) is 4.24. The summed E-state index contributed by atoms with van der Waals surface area (Å²) in [6.07, 6.45) is 5.13. The quantitative estimate of drug-likeness (QED) is 0.488. The molecule has 0 bridgehead atoms. The van der Waals surface area contributed by atoms with E-state index in [1.54, 1.807) is 6.07 Å². The number of hydrogen-bond acceptors (Lipinski definition) is 6. The molecule has 1 atom stereocenters. The van der Waals surface area contributed by atoms with Crippen LogP contribution in [0.5, 0.6) is 5.75 Å². The van der Waals surface area contributed by atoms with Crippen molar-refractivity contribution in [2.75, 3.05) is 38.3 Å². The number of nitrogens with zero attached hydrogens (tertiary/aromatic N) is 2. The van der Waals surface area contributed by atoms with E-state index in [0.29, 0.717) is 18.8 Å². The Balaban J connectivity index is 1.21. The smallest absolute Gasteiger partial charge is 0.340 e. The van der Waals surface area contributed by atoms with Crippen molar-refractivity contribution in [3.63, 3.8) is 0 Å². The number of para-hydroxylation sites is 1. The van der Waals surface area contributed by atoms with Crippen molar-refractivity contribution in [2.45, 2.75) is 25.2 Å². The SMILES string of the molecule is COC(=O)c1cccc(N2CC(Oc3ccc(COC4CCOC4)cc3)C2)c1-n1cccc1. The highest BCUT2D eigenvalue weighted by atomic mass is 16.5. The predicted octanol–water partition coefficient (Wildman–Crippen LogP) is 3.84. The zero-order chi connectivity index (χ0) is 22.6. The summed E-state index contributed by atoms with van der Waals surface area (Å²) >= 11 is 0. The van der Waals surface area contributed by atoms with Gasteiger partial charge in [-0.25, -0.2) is 4.79 Å². The Morgan fingerprint density at radius 3 is 2.52 bits per heavy atom. The molecule has 3 heterocycles. The number of carbonyl (C=O) groups excluding carboxylic acids is 1. The average Bonchev–Trinajstić information content (AvgIpc) is 3.54. The van der Waals surface area contributed by atoms with E-state index in [-0.39, 0.29) is 18.2 Å². The number of hydrogen-bond donors (Lipinski definition) is 0. The molecule has 1 aromatic heterocycles. The van der Waals surface area contributed by atoms with Crippen LogP contribution >= 0.6 is 0 Å². The number of rotatable bonds is 8. The second-order valence-electron chi connectivity index (χ2n) is 8.34. The summed E-state index contributed by atoms with van der Waals surface area (Å²) in [5, 5.41) is 0. The lowest BCUT2D eigenvalue weighted by atomic mass is 10.1. The lowest BCUT2D eigenvalue weighted by molar-refractivity contribution is 0.0317. The van der Waals surface area contributed by atoms with Gasteiger partial charge in [-0.1, -0.05) is 18.2 Å². The summed E-state index contributed by atoms with van der Waals surface area (Å²) < 4.78 is 24.3. The van der Waals surface area contributed by atoms with Crippen molar-refractivity contribution in [1.29, 1.82) is 0 Å². The Bertz CT molecular complexity index is 1070. The highest BCUT2D eigenvalue weighted by Gasteiger charge is 2.32. The number of aromatic nitrogens is 1. The molecule has 0 spiro atoms. The summed E-state index contributed by atoms with van der Waals surface area (Å²) in [6.45, 7) is 3.55. The van der Waals surface area contributed by atoms with Crippen LogP contribution in [0.25, 0.3) is 5.69 Å². The molecule has 2 saturated heterocycles. The van der Waals surface area contributed by atoms with E-state index in [4.69, 9.17) is 18.9 Å². The first-order valence-corrected chi connectivity index (χ1v) is 11.3. The Morgan fingerprint density at radius 2 is 1.82 bits per heavy atom. The number of anilines is 1. The summed E-state index contributed by atoms with van der Waals surface area (Å²) in [7, 11) is 1.41. The van der Waals surface area contributed by atoms with E-state index in [1.807, 2.05) is 65.5 Å². The molecule has 0 aliphatic carbocycles. The maximum atomic E-state index is 12.4. The molecule has 0 N–H and O–H groups in total. The van der Waals surface area contributed by atoms with Gasteiger partial charge in [0.1, 0.15) is 11.9 Å². The first-order valence-electron chi connectivity index (χ1n) is 11.3. The summed E-state index contributed by atoms with van der Waals surface area (Å²) in [5.74, 6) is 0.500. The summed E-state index contributed by atoms with van der Waals surface area (Å²) in [4.78, 5) is 14.6. The molecule has 2 fully saturated rings. The van der Waals surface area contributed by atoms with Crippen LogP contribution in [0.4, 0.5) is 5.69 Å². The van der Waals surface area contributed by atoms with Gasteiger partial charge in [0, 0.05) is 19.0 Å². The van der Waals surface area contributed by atoms with Crippen LogP contribution in [0.1, 0.15) is 22.3 Å². The molecule has 7 nitrogen and oxygen atoms in total. The molecule has 172 valence electrons. The predicted molar refractivity (Wildman–Crippen MR) is 124 cm³/mol. The van der Waals surface area contributed by atoms with E-state index >= 15 is 0 Å².